The standard InChI is InChI=1S/C16H22N4S.HI/c1-17-16(19-9-5-11-21-2)20-12-13-8-10-18-15-7-4-3-6-14(13)15;/h3-4,6-8,10H,5,9,11-12H2,1-2H3,(H2,17,19,20);1H. The molecule has 0 saturated carbocycles. The molecule has 4 nitrogen and oxygen atoms in total. The van der Waals surface area contributed by atoms with E-state index in [-0.39, 0.29) is 24.0 Å². The molecule has 0 aliphatic carbocycles. The van der Waals surface area contributed by atoms with Crippen LogP contribution in [-0.4, -0.2) is 36.5 Å². The van der Waals surface area contributed by atoms with Crippen molar-refractivity contribution in [2.75, 3.05) is 25.6 Å². The van der Waals surface area contributed by atoms with E-state index >= 15 is 0 Å². The average Bonchev–Trinajstić information content (AvgIpc) is 2.54. The molecule has 0 spiro atoms. The lowest BCUT2D eigenvalue weighted by molar-refractivity contribution is 0.787. The Hall–Kier alpha value is -1.02. The molecule has 0 unspecified atom stereocenters. The second kappa shape index (κ2) is 10.7. The van der Waals surface area contributed by atoms with E-state index in [0.717, 1.165) is 31.0 Å². The van der Waals surface area contributed by atoms with Crippen molar-refractivity contribution < 1.29 is 0 Å². The maximum Gasteiger partial charge on any atom is 0.191 e. The number of pyridine rings is 1. The van der Waals surface area contributed by atoms with Crippen molar-refractivity contribution in [2.24, 2.45) is 4.99 Å². The first-order chi connectivity index (χ1) is 10.3. The summed E-state index contributed by atoms with van der Waals surface area (Å²) in [5.74, 6) is 2.01. The maximum atomic E-state index is 4.38. The van der Waals surface area contributed by atoms with Crippen molar-refractivity contribution in [2.45, 2.75) is 13.0 Å². The molecular weight excluding hydrogens is 407 g/mol. The highest BCUT2D eigenvalue weighted by Crippen LogP contribution is 2.15. The summed E-state index contributed by atoms with van der Waals surface area (Å²) in [5, 5.41) is 7.88. The van der Waals surface area contributed by atoms with Crippen LogP contribution in [0.4, 0.5) is 0 Å². The lowest BCUT2D eigenvalue weighted by Crippen LogP contribution is -2.37. The molecule has 0 aliphatic heterocycles. The van der Waals surface area contributed by atoms with Gasteiger partial charge in [-0.25, -0.2) is 0 Å². The number of nitrogens with one attached hydrogen (secondary N) is 2. The Morgan fingerprint density at radius 3 is 2.82 bits per heavy atom. The zero-order chi connectivity index (χ0) is 14.9. The largest absolute Gasteiger partial charge is 0.356 e. The zero-order valence-corrected chi connectivity index (χ0v) is 16.2. The summed E-state index contributed by atoms with van der Waals surface area (Å²) in [6, 6.07) is 10.3. The predicted octanol–water partition coefficient (Wildman–Crippen LogP) is 3.27. The summed E-state index contributed by atoms with van der Waals surface area (Å²) >= 11 is 1.87. The number of nitrogens with zero attached hydrogens (tertiary/aromatic N) is 2. The van der Waals surface area contributed by atoms with E-state index in [1.165, 1.54) is 16.7 Å². The molecule has 0 radical (unpaired) electrons. The van der Waals surface area contributed by atoms with E-state index in [2.05, 4.69) is 39.0 Å². The molecule has 0 aliphatic rings. The molecule has 0 saturated heterocycles. The van der Waals surface area contributed by atoms with Crippen molar-refractivity contribution in [1.29, 1.82) is 0 Å². The highest BCUT2D eigenvalue weighted by molar-refractivity contribution is 14.0. The lowest BCUT2D eigenvalue weighted by Gasteiger charge is -2.12. The van der Waals surface area contributed by atoms with Crippen LogP contribution >= 0.6 is 35.7 Å². The van der Waals surface area contributed by atoms with Crippen molar-refractivity contribution in [1.82, 2.24) is 15.6 Å². The number of hydrogen-bond acceptors (Lipinski definition) is 3. The number of rotatable bonds is 6. The van der Waals surface area contributed by atoms with Gasteiger partial charge in [-0.1, -0.05) is 18.2 Å². The van der Waals surface area contributed by atoms with Gasteiger partial charge in [0.25, 0.3) is 0 Å². The highest BCUT2D eigenvalue weighted by Gasteiger charge is 2.02. The number of fused-ring (bicyclic) bond motifs is 1. The molecule has 1 aromatic heterocycles. The lowest BCUT2D eigenvalue weighted by atomic mass is 10.1. The number of benzene rings is 1. The van der Waals surface area contributed by atoms with E-state index in [9.17, 15) is 0 Å². The van der Waals surface area contributed by atoms with Crippen LogP contribution in [0.15, 0.2) is 41.5 Å². The monoisotopic (exact) mass is 430 g/mol. The van der Waals surface area contributed by atoms with E-state index < -0.39 is 0 Å². The second-order valence-electron chi connectivity index (χ2n) is 4.69. The molecule has 0 bridgehead atoms. The molecular formula is C16H23IN4S. The summed E-state index contributed by atoms with van der Waals surface area (Å²) in [4.78, 5) is 8.64. The Labute approximate surface area is 153 Å². The van der Waals surface area contributed by atoms with Gasteiger partial charge < -0.3 is 10.6 Å². The predicted molar refractivity (Wildman–Crippen MR) is 108 cm³/mol. The van der Waals surface area contributed by atoms with Crippen LogP contribution in [0.1, 0.15) is 12.0 Å². The summed E-state index contributed by atoms with van der Waals surface area (Å²) < 4.78 is 0. The van der Waals surface area contributed by atoms with Crippen LogP contribution in [0.2, 0.25) is 0 Å². The third kappa shape index (κ3) is 5.64. The Morgan fingerprint density at radius 2 is 2.05 bits per heavy atom. The third-order valence-corrected chi connectivity index (χ3v) is 3.92. The van der Waals surface area contributed by atoms with Gasteiger partial charge in [0.05, 0.1) is 5.52 Å². The van der Waals surface area contributed by atoms with Crippen LogP contribution in [-0.2, 0) is 6.54 Å². The minimum atomic E-state index is 0. The number of hydrogen-bond donors (Lipinski definition) is 2. The van der Waals surface area contributed by atoms with Gasteiger partial charge in [-0.2, -0.15) is 11.8 Å². The number of aliphatic imine (C=N–C) groups is 1. The molecule has 2 rings (SSSR count). The van der Waals surface area contributed by atoms with E-state index in [1.54, 1.807) is 7.05 Å². The fraction of sp³-hybridized carbons (Fsp3) is 0.375. The molecule has 22 heavy (non-hydrogen) atoms. The number of guanidine groups is 1. The second-order valence-corrected chi connectivity index (χ2v) is 5.67. The number of thioether (sulfide) groups is 1. The first kappa shape index (κ1) is 19.0. The third-order valence-electron chi connectivity index (χ3n) is 3.23. The quantitative estimate of drug-likeness (QED) is 0.320. The maximum absolute atomic E-state index is 4.38. The van der Waals surface area contributed by atoms with Crippen molar-refractivity contribution >= 4 is 52.6 Å². The van der Waals surface area contributed by atoms with Gasteiger partial charge in [0.15, 0.2) is 5.96 Å². The van der Waals surface area contributed by atoms with Gasteiger partial charge in [-0.15, -0.1) is 24.0 Å². The first-order valence-corrected chi connectivity index (χ1v) is 8.50. The number of aromatic nitrogens is 1. The number of halogens is 1. The van der Waals surface area contributed by atoms with Crippen LogP contribution in [0.3, 0.4) is 0 Å². The highest BCUT2D eigenvalue weighted by atomic mass is 127. The minimum absolute atomic E-state index is 0. The smallest absolute Gasteiger partial charge is 0.191 e. The first-order valence-electron chi connectivity index (χ1n) is 7.11. The van der Waals surface area contributed by atoms with E-state index in [4.69, 9.17) is 0 Å². The summed E-state index contributed by atoms with van der Waals surface area (Å²) in [6.07, 6.45) is 5.12. The Bertz CT molecular complexity index is 598. The van der Waals surface area contributed by atoms with Gasteiger partial charge in [-0.3, -0.25) is 9.98 Å². The van der Waals surface area contributed by atoms with Crippen molar-refractivity contribution in [3.8, 4) is 0 Å². The molecule has 1 heterocycles. The summed E-state index contributed by atoms with van der Waals surface area (Å²) in [6.45, 7) is 1.68. The Balaban J connectivity index is 0.00000242. The Kier molecular flexibility index (Phi) is 9.22. The van der Waals surface area contributed by atoms with Gasteiger partial charge in [0, 0.05) is 31.7 Å². The van der Waals surface area contributed by atoms with Crippen LogP contribution in [0, 0.1) is 0 Å². The molecule has 0 fully saturated rings. The van der Waals surface area contributed by atoms with Gasteiger partial charge in [0.1, 0.15) is 0 Å². The molecule has 2 N–H and O–H groups in total. The SMILES string of the molecule is CN=C(NCCCSC)NCc1ccnc2ccccc12.I. The van der Waals surface area contributed by atoms with Crippen LogP contribution in [0.25, 0.3) is 10.9 Å². The van der Waals surface area contributed by atoms with Gasteiger partial charge in [0.2, 0.25) is 0 Å². The van der Waals surface area contributed by atoms with Gasteiger partial charge >= 0.3 is 0 Å². The molecule has 120 valence electrons. The fourth-order valence-corrected chi connectivity index (χ4v) is 2.57. The number of para-hydroxylation sites is 1. The molecule has 0 atom stereocenters. The zero-order valence-electron chi connectivity index (χ0n) is 13.0. The van der Waals surface area contributed by atoms with Crippen molar-refractivity contribution in [3.63, 3.8) is 0 Å². The molecule has 6 heteroatoms. The van der Waals surface area contributed by atoms with Gasteiger partial charge in [-0.05, 0) is 36.1 Å². The molecule has 1 aromatic carbocycles. The van der Waals surface area contributed by atoms with Crippen LogP contribution < -0.4 is 10.6 Å². The average molecular weight is 430 g/mol. The topological polar surface area (TPSA) is 49.3 Å². The van der Waals surface area contributed by atoms with E-state index in [1.807, 2.05) is 36.2 Å². The fourth-order valence-electron chi connectivity index (χ4n) is 2.13. The Morgan fingerprint density at radius 1 is 1.23 bits per heavy atom. The molecule has 0 amide bonds. The molecule has 2 aromatic rings. The van der Waals surface area contributed by atoms with Crippen molar-refractivity contribution in [3.05, 3.63) is 42.1 Å². The minimum Gasteiger partial charge on any atom is -0.356 e. The van der Waals surface area contributed by atoms with Crippen LogP contribution in [0.5, 0.6) is 0 Å². The summed E-state index contributed by atoms with van der Waals surface area (Å²) in [5.41, 5.74) is 2.26. The summed E-state index contributed by atoms with van der Waals surface area (Å²) in [7, 11) is 1.80. The van der Waals surface area contributed by atoms with E-state index in [0.29, 0.717) is 0 Å². The normalized spacial score (nSPS) is 11.1.